The number of nitrogens with one attached hydrogen (secondary N) is 1. The quantitative estimate of drug-likeness (QED) is 0.794. The van der Waals surface area contributed by atoms with Crippen LogP contribution in [0.25, 0.3) is 0 Å². The highest BCUT2D eigenvalue weighted by atomic mass is 16.2. The zero-order valence-corrected chi connectivity index (χ0v) is 12.3. The van der Waals surface area contributed by atoms with Crippen LogP contribution in [-0.2, 0) is 4.79 Å². The van der Waals surface area contributed by atoms with Crippen LogP contribution in [0, 0.1) is 5.92 Å². The van der Waals surface area contributed by atoms with Gasteiger partial charge in [0.1, 0.15) is 0 Å². The average Bonchev–Trinajstić information content (AvgIpc) is 2.55. The number of carbonyl (C=O) groups excluding carboxylic acids is 2. The molecule has 0 aliphatic carbocycles. The number of rotatable bonds is 5. The number of hydrogen-bond donors (Lipinski definition) is 2. The predicted molar refractivity (Wildman–Crippen MR) is 81.8 cm³/mol. The molecule has 5 heteroatoms. The lowest BCUT2D eigenvalue weighted by Gasteiger charge is -2.32. The third kappa shape index (κ3) is 4.29. The molecule has 1 heterocycles. The van der Waals surface area contributed by atoms with Gasteiger partial charge in [0, 0.05) is 25.2 Å². The molecule has 1 unspecified atom stereocenters. The molecule has 0 spiro atoms. The summed E-state index contributed by atoms with van der Waals surface area (Å²) in [6.07, 6.45) is 2.49. The number of nitrogens with zero attached hydrogens (tertiary/aromatic N) is 1. The zero-order valence-electron chi connectivity index (χ0n) is 12.3. The van der Waals surface area contributed by atoms with Crippen LogP contribution in [0.1, 0.15) is 29.6 Å². The van der Waals surface area contributed by atoms with Gasteiger partial charge in [-0.1, -0.05) is 18.2 Å². The summed E-state index contributed by atoms with van der Waals surface area (Å²) in [6.45, 7) is 2.41. The summed E-state index contributed by atoms with van der Waals surface area (Å²) in [7, 11) is 0. The summed E-state index contributed by atoms with van der Waals surface area (Å²) in [5, 5.41) is 2.90. The molecule has 0 radical (unpaired) electrons. The maximum Gasteiger partial charge on any atom is 0.253 e. The van der Waals surface area contributed by atoms with Gasteiger partial charge in [-0.3, -0.25) is 9.59 Å². The summed E-state index contributed by atoms with van der Waals surface area (Å²) in [4.78, 5) is 26.3. The Morgan fingerprint density at radius 1 is 1.29 bits per heavy atom. The number of piperidine rings is 1. The van der Waals surface area contributed by atoms with Crippen LogP contribution >= 0.6 is 0 Å². The number of hydrogen-bond acceptors (Lipinski definition) is 3. The third-order valence-corrected chi connectivity index (χ3v) is 3.78. The van der Waals surface area contributed by atoms with E-state index in [-0.39, 0.29) is 17.7 Å². The number of amides is 2. The van der Waals surface area contributed by atoms with Gasteiger partial charge in [0.25, 0.3) is 5.91 Å². The first-order valence-corrected chi connectivity index (χ1v) is 7.54. The highest BCUT2D eigenvalue weighted by molar-refractivity contribution is 5.94. The van der Waals surface area contributed by atoms with E-state index in [1.807, 2.05) is 30.3 Å². The van der Waals surface area contributed by atoms with Crippen LogP contribution in [0.3, 0.4) is 0 Å². The second-order valence-corrected chi connectivity index (χ2v) is 5.39. The van der Waals surface area contributed by atoms with Crippen molar-refractivity contribution in [1.82, 2.24) is 10.2 Å². The molecule has 1 fully saturated rings. The third-order valence-electron chi connectivity index (χ3n) is 3.78. The Morgan fingerprint density at radius 2 is 2.05 bits per heavy atom. The minimum absolute atomic E-state index is 0.00931. The molecule has 2 rings (SSSR count). The van der Waals surface area contributed by atoms with E-state index in [0.29, 0.717) is 25.2 Å². The fraction of sp³-hybridized carbons (Fsp3) is 0.500. The lowest BCUT2D eigenvalue weighted by atomic mass is 9.96. The largest absolute Gasteiger partial charge is 0.356 e. The Bertz CT molecular complexity index is 476. The maximum atomic E-state index is 12.4. The molecule has 1 atom stereocenters. The molecule has 5 nitrogen and oxygen atoms in total. The second-order valence-electron chi connectivity index (χ2n) is 5.39. The minimum Gasteiger partial charge on any atom is -0.356 e. The molecule has 1 aromatic carbocycles. The van der Waals surface area contributed by atoms with Crippen LogP contribution in [0.4, 0.5) is 0 Å². The van der Waals surface area contributed by atoms with Gasteiger partial charge >= 0.3 is 0 Å². The van der Waals surface area contributed by atoms with Crippen LogP contribution in [0.2, 0.25) is 0 Å². The Morgan fingerprint density at radius 3 is 2.76 bits per heavy atom. The van der Waals surface area contributed by atoms with Crippen molar-refractivity contribution in [2.75, 3.05) is 26.2 Å². The van der Waals surface area contributed by atoms with Crippen molar-refractivity contribution < 1.29 is 9.59 Å². The summed E-state index contributed by atoms with van der Waals surface area (Å²) in [5.41, 5.74) is 6.10. The fourth-order valence-corrected chi connectivity index (χ4v) is 2.60. The van der Waals surface area contributed by atoms with E-state index >= 15 is 0 Å². The molecule has 3 N–H and O–H groups in total. The minimum atomic E-state index is -0.107. The lowest BCUT2D eigenvalue weighted by molar-refractivity contribution is -0.126. The smallest absolute Gasteiger partial charge is 0.253 e. The Balaban J connectivity index is 1.91. The molecule has 1 saturated heterocycles. The van der Waals surface area contributed by atoms with E-state index in [0.717, 1.165) is 25.8 Å². The van der Waals surface area contributed by atoms with Crippen LogP contribution in [-0.4, -0.2) is 42.9 Å². The van der Waals surface area contributed by atoms with E-state index in [4.69, 9.17) is 5.73 Å². The predicted octanol–water partition coefficient (Wildman–Crippen LogP) is 1.00. The summed E-state index contributed by atoms with van der Waals surface area (Å²) in [5.74, 6) is -0.0618. The Hall–Kier alpha value is -1.88. The Labute approximate surface area is 125 Å². The first kappa shape index (κ1) is 15.5. The molecule has 2 amide bonds. The molecule has 1 aliphatic heterocycles. The first-order chi connectivity index (χ1) is 10.2. The summed E-state index contributed by atoms with van der Waals surface area (Å²) < 4.78 is 0. The van der Waals surface area contributed by atoms with E-state index < -0.39 is 0 Å². The number of carbonyl (C=O) groups is 2. The van der Waals surface area contributed by atoms with E-state index in [1.165, 1.54) is 0 Å². The monoisotopic (exact) mass is 289 g/mol. The molecule has 1 aliphatic rings. The van der Waals surface area contributed by atoms with Crippen molar-refractivity contribution in [3.8, 4) is 0 Å². The number of benzene rings is 1. The number of nitrogens with two attached hydrogens (primary N) is 1. The van der Waals surface area contributed by atoms with Gasteiger partial charge in [-0.25, -0.2) is 0 Å². The summed E-state index contributed by atoms with van der Waals surface area (Å²) >= 11 is 0. The highest BCUT2D eigenvalue weighted by Gasteiger charge is 2.28. The van der Waals surface area contributed by atoms with Crippen molar-refractivity contribution in [1.29, 1.82) is 0 Å². The topological polar surface area (TPSA) is 75.4 Å². The van der Waals surface area contributed by atoms with Crippen molar-refractivity contribution in [3.05, 3.63) is 35.9 Å². The molecule has 0 aromatic heterocycles. The molecular weight excluding hydrogens is 266 g/mol. The standard InChI is InChI=1S/C16H23N3O2/c17-9-5-10-18-15(20)14-8-4-11-19(12-14)16(21)13-6-2-1-3-7-13/h1-3,6-7,14H,4-5,8-12,17H2,(H,18,20). The molecule has 21 heavy (non-hydrogen) atoms. The second kappa shape index (κ2) is 7.78. The molecule has 114 valence electrons. The van der Waals surface area contributed by atoms with Gasteiger partial charge in [0.15, 0.2) is 0 Å². The van der Waals surface area contributed by atoms with Crippen molar-refractivity contribution in [3.63, 3.8) is 0 Å². The van der Waals surface area contributed by atoms with Gasteiger partial charge in [0.2, 0.25) is 5.91 Å². The van der Waals surface area contributed by atoms with Crippen LogP contribution in [0.15, 0.2) is 30.3 Å². The van der Waals surface area contributed by atoms with E-state index in [1.54, 1.807) is 4.90 Å². The van der Waals surface area contributed by atoms with Crippen molar-refractivity contribution >= 4 is 11.8 Å². The SMILES string of the molecule is NCCCNC(=O)C1CCCN(C(=O)c2ccccc2)C1. The van der Waals surface area contributed by atoms with Gasteiger partial charge in [-0.2, -0.15) is 0 Å². The lowest BCUT2D eigenvalue weighted by Crippen LogP contribution is -2.45. The Kier molecular flexibility index (Phi) is 5.75. The maximum absolute atomic E-state index is 12.4. The normalized spacial score (nSPS) is 18.3. The van der Waals surface area contributed by atoms with Crippen molar-refractivity contribution in [2.45, 2.75) is 19.3 Å². The van der Waals surface area contributed by atoms with Gasteiger partial charge in [-0.15, -0.1) is 0 Å². The first-order valence-electron chi connectivity index (χ1n) is 7.54. The van der Waals surface area contributed by atoms with E-state index in [2.05, 4.69) is 5.32 Å². The van der Waals surface area contributed by atoms with Gasteiger partial charge < -0.3 is 16.0 Å². The molecule has 0 saturated carbocycles. The highest BCUT2D eigenvalue weighted by Crippen LogP contribution is 2.18. The fourth-order valence-electron chi connectivity index (χ4n) is 2.60. The zero-order chi connectivity index (χ0) is 15.1. The van der Waals surface area contributed by atoms with Crippen LogP contribution < -0.4 is 11.1 Å². The van der Waals surface area contributed by atoms with E-state index in [9.17, 15) is 9.59 Å². The van der Waals surface area contributed by atoms with Crippen LogP contribution in [0.5, 0.6) is 0 Å². The molecule has 0 bridgehead atoms. The molecule has 1 aromatic rings. The molecular formula is C16H23N3O2. The average molecular weight is 289 g/mol. The number of likely N-dealkylation sites (tertiary alicyclic amines) is 1. The van der Waals surface area contributed by atoms with Gasteiger partial charge in [-0.05, 0) is 37.9 Å². The summed E-state index contributed by atoms with van der Waals surface area (Å²) in [6, 6.07) is 9.23. The van der Waals surface area contributed by atoms with Crippen molar-refractivity contribution in [2.24, 2.45) is 11.7 Å². The van der Waals surface area contributed by atoms with Gasteiger partial charge in [0.05, 0.1) is 5.92 Å².